The van der Waals surface area contributed by atoms with Crippen molar-refractivity contribution >= 4 is 22.0 Å². The van der Waals surface area contributed by atoms with Crippen molar-refractivity contribution in [2.24, 2.45) is 0 Å². The topological polar surface area (TPSA) is 41.1 Å². The molecule has 0 unspecified atom stereocenters. The first-order chi connectivity index (χ1) is 7.99. The number of halogens is 2. The van der Waals surface area contributed by atoms with Crippen LogP contribution < -0.4 is 10.6 Å². The highest BCUT2D eigenvalue weighted by Gasteiger charge is 2.05. The Morgan fingerprint density at radius 3 is 2.82 bits per heavy atom. The van der Waals surface area contributed by atoms with E-state index >= 15 is 0 Å². The molecule has 0 aliphatic heterocycles. The third kappa shape index (κ3) is 5.17. The van der Waals surface area contributed by atoms with Gasteiger partial charge in [0.1, 0.15) is 5.82 Å². The largest absolute Gasteiger partial charge is 0.338 e. The average molecular weight is 303 g/mol. The van der Waals surface area contributed by atoms with E-state index in [9.17, 15) is 9.18 Å². The molecule has 1 aromatic carbocycles. The number of rotatable bonds is 4. The van der Waals surface area contributed by atoms with Gasteiger partial charge in [0.25, 0.3) is 0 Å². The van der Waals surface area contributed by atoms with Gasteiger partial charge in [-0.05, 0) is 44.0 Å². The summed E-state index contributed by atoms with van der Waals surface area (Å²) in [7, 11) is 0. The first kappa shape index (κ1) is 14.0. The number of nitrogens with one attached hydrogen (secondary N) is 2. The van der Waals surface area contributed by atoms with Crippen LogP contribution in [0.1, 0.15) is 19.4 Å². The van der Waals surface area contributed by atoms with Gasteiger partial charge in [-0.3, -0.25) is 0 Å². The molecular formula is C12H16BrFN2O. The standard InChI is InChI=1S/C12H16BrFN2O/c1-8(2)16-12(17)15-6-5-9-7-10(13)3-4-11(9)14/h3-4,7-8H,5-6H2,1-2H3,(H2,15,16,17). The first-order valence-electron chi connectivity index (χ1n) is 5.47. The number of benzene rings is 1. The number of hydrogen-bond acceptors (Lipinski definition) is 1. The van der Waals surface area contributed by atoms with Gasteiger partial charge >= 0.3 is 6.03 Å². The highest BCUT2D eigenvalue weighted by Crippen LogP contribution is 2.15. The molecule has 0 fully saturated rings. The van der Waals surface area contributed by atoms with Crippen LogP contribution in [0.4, 0.5) is 9.18 Å². The van der Waals surface area contributed by atoms with E-state index < -0.39 is 0 Å². The molecule has 3 nitrogen and oxygen atoms in total. The predicted molar refractivity (Wildman–Crippen MR) is 69.5 cm³/mol. The second-order valence-electron chi connectivity index (χ2n) is 4.04. The smallest absolute Gasteiger partial charge is 0.314 e. The van der Waals surface area contributed by atoms with Crippen LogP contribution in [0.15, 0.2) is 22.7 Å². The lowest BCUT2D eigenvalue weighted by molar-refractivity contribution is 0.238. The van der Waals surface area contributed by atoms with Crippen molar-refractivity contribution in [2.45, 2.75) is 26.3 Å². The van der Waals surface area contributed by atoms with Gasteiger partial charge in [0, 0.05) is 17.1 Å². The zero-order valence-electron chi connectivity index (χ0n) is 9.89. The lowest BCUT2D eigenvalue weighted by Gasteiger charge is -2.10. The van der Waals surface area contributed by atoms with E-state index in [0.717, 1.165) is 4.47 Å². The summed E-state index contributed by atoms with van der Waals surface area (Å²) < 4.78 is 14.2. The monoisotopic (exact) mass is 302 g/mol. The SMILES string of the molecule is CC(C)NC(=O)NCCc1cc(Br)ccc1F. The Kier molecular flexibility index (Phi) is 5.41. The zero-order chi connectivity index (χ0) is 12.8. The van der Waals surface area contributed by atoms with Gasteiger partial charge in [0.05, 0.1) is 0 Å². The Bertz CT molecular complexity index is 396. The van der Waals surface area contributed by atoms with E-state index in [1.54, 1.807) is 12.1 Å². The molecule has 5 heteroatoms. The molecule has 17 heavy (non-hydrogen) atoms. The van der Waals surface area contributed by atoms with E-state index in [1.807, 2.05) is 13.8 Å². The summed E-state index contributed by atoms with van der Waals surface area (Å²) in [5.41, 5.74) is 0.587. The third-order valence-electron chi connectivity index (χ3n) is 2.11. The van der Waals surface area contributed by atoms with Crippen LogP contribution in [0.25, 0.3) is 0 Å². The van der Waals surface area contributed by atoms with Crippen LogP contribution in [-0.4, -0.2) is 18.6 Å². The third-order valence-corrected chi connectivity index (χ3v) is 2.60. The minimum absolute atomic E-state index is 0.0950. The van der Waals surface area contributed by atoms with Crippen molar-refractivity contribution in [2.75, 3.05) is 6.54 Å². The molecule has 2 amide bonds. The number of urea groups is 1. The van der Waals surface area contributed by atoms with Crippen LogP contribution in [0, 0.1) is 5.82 Å². The molecule has 0 aliphatic carbocycles. The van der Waals surface area contributed by atoms with E-state index in [0.29, 0.717) is 18.5 Å². The minimum Gasteiger partial charge on any atom is -0.338 e. The van der Waals surface area contributed by atoms with Crippen LogP contribution in [0.5, 0.6) is 0 Å². The van der Waals surface area contributed by atoms with Crippen molar-refractivity contribution in [3.05, 3.63) is 34.1 Å². The Morgan fingerprint density at radius 1 is 1.47 bits per heavy atom. The quantitative estimate of drug-likeness (QED) is 0.882. The fourth-order valence-electron chi connectivity index (χ4n) is 1.36. The van der Waals surface area contributed by atoms with Crippen LogP contribution in [0.2, 0.25) is 0 Å². The predicted octanol–water partition coefficient (Wildman–Crippen LogP) is 2.84. The zero-order valence-corrected chi connectivity index (χ0v) is 11.5. The molecule has 0 atom stereocenters. The first-order valence-corrected chi connectivity index (χ1v) is 6.26. The lowest BCUT2D eigenvalue weighted by Crippen LogP contribution is -2.40. The Morgan fingerprint density at radius 2 is 2.18 bits per heavy atom. The molecule has 0 radical (unpaired) electrons. The van der Waals surface area contributed by atoms with E-state index in [1.165, 1.54) is 6.07 Å². The molecule has 0 bridgehead atoms. The molecule has 0 saturated heterocycles. The maximum absolute atomic E-state index is 13.4. The van der Waals surface area contributed by atoms with Gasteiger partial charge < -0.3 is 10.6 Å². The van der Waals surface area contributed by atoms with Gasteiger partial charge in [0.15, 0.2) is 0 Å². The Labute approximate surface area is 109 Å². The molecule has 0 saturated carbocycles. The van der Waals surface area contributed by atoms with Gasteiger partial charge in [-0.15, -0.1) is 0 Å². The Balaban J connectivity index is 2.40. The van der Waals surface area contributed by atoms with Crippen molar-refractivity contribution < 1.29 is 9.18 Å². The highest BCUT2D eigenvalue weighted by atomic mass is 79.9. The number of carbonyl (C=O) groups is 1. The molecule has 0 spiro atoms. The van der Waals surface area contributed by atoms with E-state index in [4.69, 9.17) is 0 Å². The second-order valence-corrected chi connectivity index (χ2v) is 4.96. The molecule has 94 valence electrons. The van der Waals surface area contributed by atoms with E-state index in [-0.39, 0.29) is 17.9 Å². The summed E-state index contributed by atoms with van der Waals surface area (Å²) in [5.74, 6) is -0.251. The van der Waals surface area contributed by atoms with Crippen molar-refractivity contribution in [1.29, 1.82) is 0 Å². The Hall–Kier alpha value is -1.10. The second kappa shape index (κ2) is 6.59. The summed E-state index contributed by atoms with van der Waals surface area (Å²) in [5, 5.41) is 5.38. The van der Waals surface area contributed by atoms with Crippen LogP contribution in [0.3, 0.4) is 0 Å². The lowest BCUT2D eigenvalue weighted by atomic mass is 10.1. The number of carbonyl (C=O) groups excluding carboxylic acids is 1. The fourth-order valence-corrected chi connectivity index (χ4v) is 1.77. The van der Waals surface area contributed by atoms with Crippen LogP contribution >= 0.6 is 15.9 Å². The maximum Gasteiger partial charge on any atom is 0.314 e. The van der Waals surface area contributed by atoms with E-state index in [2.05, 4.69) is 26.6 Å². The molecule has 0 aromatic heterocycles. The normalized spacial score (nSPS) is 10.4. The number of amides is 2. The van der Waals surface area contributed by atoms with Crippen molar-refractivity contribution in [3.63, 3.8) is 0 Å². The summed E-state index contributed by atoms with van der Waals surface area (Å²) in [6.45, 7) is 4.17. The van der Waals surface area contributed by atoms with Crippen molar-refractivity contribution in [3.8, 4) is 0 Å². The number of hydrogen-bond donors (Lipinski definition) is 2. The summed E-state index contributed by atoms with van der Waals surface area (Å²) in [4.78, 5) is 11.3. The fraction of sp³-hybridized carbons (Fsp3) is 0.417. The molecule has 0 heterocycles. The van der Waals surface area contributed by atoms with Gasteiger partial charge in [0.2, 0.25) is 0 Å². The maximum atomic E-state index is 13.4. The summed E-state index contributed by atoms with van der Waals surface area (Å²) in [6.07, 6.45) is 0.469. The van der Waals surface area contributed by atoms with Crippen LogP contribution in [-0.2, 0) is 6.42 Å². The van der Waals surface area contributed by atoms with Crippen molar-refractivity contribution in [1.82, 2.24) is 10.6 Å². The average Bonchev–Trinajstić information content (AvgIpc) is 2.22. The summed E-state index contributed by atoms with van der Waals surface area (Å²) in [6, 6.07) is 4.65. The molecule has 2 N–H and O–H groups in total. The molecule has 1 rings (SSSR count). The molecular weight excluding hydrogens is 287 g/mol. The van der Waals surface area contributed by atoms with Gasteiger partial charge in [-0.1, -0.05) is 15.9 Å². The highest BCUT2D eigenvalue weighted by molar-refractivity contribution is 9.10. The molecule has 0 aliphatic rings. The van der Waals surface area contributed by atoms with Gasteiger partial charge in [-0.25, -0.2) is 9.18 Å². The minimum atomic E-state index is -0.251. The van der Waals surface area contributed by atoms with Gasteiger partial charge in [-0.2, -0.15) is 0 Å². The molecule has 1 aromatic rings. The summed E-state index contributed by atoms with van der Waals surface area (Å²) >= 11 is 3.28.